The first kappa shape index (κ1) is 22.8. The molecule has 3 aromatic carbocycles. The molecule has 0 saturated carbocycles. The lowest BCUT2D eigenvalue weighted by Crippen LogP contribution is -2.45. The molecule has 0 bridgehead atoms. The zero-order valence-electron chi connectivity index (χ0n) is 17.8. The highest BCUT2D eigenvalue weighted by molar-refractivity contribution is 9.10. The molecule has 0 aliphatic carbocycles. The second-order valence-corrected chi connectivity index (χ2v) is 9.38. The second-order valence-electron chi connectivity index (χ2n) is 7.49. The molecule has 1 aromatic heterocycles. The topological polar surface area (TPSA) is 84.0 Å². The first-order chi connectivity index (χ1) is 16.0. The van der Waals surface area contributed by atoms with Crippen LogP contribution in [0.3, 0.4) is 0 Å². The molecule has 1 atom stereocenters. The molecule has 166 valence electrons. The standard InChI is InChI=1S/C25H21BrN4O2S/c1-16-7-9-19(10-8-16)24-29-30-25(33-24)28-23(32)21(15-17-5-3-2-4-6-17)27-22(31)18-11-13-20(26)14-12-18/h2-14,21H,15H2,1H3,(H,27,31)(H,28,30,32). The van der Waals surface area contributed by atoms with Crippen LogP contribution in [0.5, 0.6) is 0 Å². The van der Waals surface area contributed by atoms with E-state index in [9.17, 15) is 9.59 Å². The van der Waals surface area contributed by atoms with Gasteiger partial charge in [-0.2, -0.15) is 0 Å². The third kappa shape index (κ3) is 6.12. The lowest BCUT2D eigenvalue weighted by molar-refractivity contribution is -0.118. The number of carbonyl (C=O) groups excluding carboxylic acids is 2. The van der Waals surface area contributed by atoms with E-state index in [-0.39, 0.29) is 11.8 Å². The molecule has 6 nitrogen and oxygen atoms in total. The van der Waals surface area contributed by atoms with E-state index in [0.717, 1.165) is 21.2 Å². The van der Waals surface area contributed by atoms with E-state index in [1.165, 1.54) is 11.3 Å². The summed E-state index contributed by atoms with van der Waals surface area (Å²) >= 11 is 4.65. The molecule has 33 heavy (non-hydrogen) atoms. The highest BCUT2D eigenvalue weighted by atomic mass is 79.9. The van der Waals surface area contributed by atoms with Crippen LogP contribution in [0.15, 0.2) is 83.3 Å². The SMILES string of the molecule is Cc1ccc(-c2nnc(NC(=O)C(Cc3ccccc3)NC(=O)c3ccc(Br)cc3)s2)cc1. The summed E-state index contributed by atoms with van der Waals surface area (Å²) in [6.45, 7) is 2.02. The maximum atomic E-state index is 13.1. The fourth-order valence-electron chi connectivity index (χ4n) is 3.18. The van der Waals surface area contributed by atoms with E-state index in [4.69, 9.17) is 0 Å². The van der Waals surface area contributed by atoms with Crippen LogP contribution >= 0.6 is 27.3 Å². The summed E-state index contributed by atoms with van der Waals surface area (Å²) in [6, 6.07) is 23.7. The second kappa shape index (κ2) is 10.5. The summed E-state index contributed by atoms with van der Waals surface area (Å²) in [5.41, 5.74) is 3.50. The Bertz CT molecular complexity index is 1240. The molecule has 2 N–H and O–H groups in total. The van der Waals surface area contributed by atoms with Crippen molar-refractivity contribution in [2.45, 2.75) is 19.4 Å². The summed E-state index contributed by atoms with van der Waals surface area (Å²) < 4.78 is 0.873. The number of aromatic nitrogens is 2. The van der Waals surface area contributed by atoms with Gasteiger partial charge in [0.05, 0.1) is 0 Å². The Kier molecular flexibility index (Phi) is 7.26. The van der Waals surface area contributed by atoms with Gasteiger partial charge in [-0.05, 0) is 36.8 Å². The number of nitrogens with zero attached hydrogens (tertiary/aromatic N) is 2. The average Bonchev–Trinajstić information content (AvgIpc) is 3.28. The smallest absolute Gasteiger partial charge is 0.251 e. The van der Waals surface area contributed by atoms with Gasteiger partial charge in [0, 0.05) is 22.0 Å². The Morgan fingerprint density at radius 2 is 1.64 bits per heavy atom. The van der Waals surface area contributed by atoms with Gasteiger partial charge >= 0.3 is 0 Å². The van der Waals surface area contributed by atoms with Crippen molar-refractivity contribution >= 4 is 44.2 Å². The van der Waals surface area contributed by atoms with Gasteiger partial charge < -0.3 is 5.32 Å². The number of carbonyl (C=O) groups is 2. The number of aryl methyl sites for hydroxylation is 1. The Labute approximate surface area is 204 Å². The minimum Gasteiger partial charge on any atom is -0.340 e. The quantitative estimate of drug-likeness (QED) is 0.348. The van der Waals surface area contributed by atoms with Gasteiger partial charge in [-0.1, -0.05) is 87.4 Å². The van der Waals surface area contributed by atoms with Gasteiger partial charge in [0.15, 0.2) is 0 Å². The Morgan fingerprint density at radius 1 is 0.939 bits per heavy atom. The van der Waals surface area contributed by atoms with Crippen LogP contribution in [0.2, 0.25) is 0 Å². The molecule has 2 amide bonds. The van der Waals surface area contributed by atoms with Gasteiger partial charge in [-0.15, -0.1) is 10.2 Å². The molecule has 1 heterocycles. The number of anilines is 1. The molecule has 0 aliphatic heterocycles. The van der Waals surface area contributed by atoms with Crippen LogP contribution in [0.1, 0.15) is 21.5 Å². The molecule has 0 spiro atoms. The normalized spacial score (nSPS) is 11.6. The third-order valence-corrected chi connectivity index (χ3v) is 6.38. The number of rotatable bonds is 7. The van der Waals surface area contributed by atoms with Gasteiger partial charge in [-0.25, -0.2) is 0 Å². The van der Waals surface area contributed by atoms with Crippen molar-refractivity contribution in [3.05, 3.63) is 100 Å². The molecule has 1 unspecified atom stereocenters. The Hall–Kier alpha value is -3.36. The fraction of sp³-hybridized carbons (Fsp3) is 0.120. The zero-order valence-corrected chi connectivity index (χ0v) is 20.2. The summed E-state index contributed by atoms with van der Waals surface area (Å²) in [5.74, 6) is -0.674. The molecule has 4 aromatic rings. The van der Waals surface area contributed by atoms with Gasteiger partial charge in [0.2, 0.25) is 11.0 Å². The third-order valence-electron chi connectivity index (χ3n) is 4.96. The summed E-state index contributed by atoms with van der Waals surface area (Å²) in [7, 11) is 0. The molecule has 0 fully saturated rings. The minimum atomic E-state index is -0.782. The van der Waals surface area contributed by atoms with Crippen molar-refractivity contribution in [2.75, 3.05) is 5.32 Å². The van der Waals surface area contributed by atoms with E-state index < -0.39 is 6.04 Å². The summed E-state index contributed by atoms with van der Waals surface area (Å²) in [6.07, 6.45) is 0.346. The van der Waals surface area contributed by atoms with E-state index in [1.54, 1.807) is 24.3 Å². The molecule has 0 saturated heterocycles. The molecule has 0 aliphatic rings. The zero-order chi connectivity index (χ0) is 23.2. The van der Waals surface area contributed by atoms with Crippen molar-refractivity contribution in [3.63, 3.8) is 0 Å². The lowest BCUT2D eigenvalue weighted by Gasteiger charge is -2.18. The van der Waals surface area contributed by atoms with Crippen LogP contribution in [-0.4, -0.2) is 28.1 Å². The van der Waals surface area contributed by atoms with Crippen molar-refractivity contribution in [2.24, 2.45) is 0 Å². The first-order valence-corrected chi connectivity index (χ1v) is 11.9. The average molecular weight is 521 g/mol. The Morgan fingerprint density at radius 3 is 2.33 bits per heavy atom. The van der Waals surface area contributed by atoms with Crippen molar-refractivity contribution in [3.8, 4) is 10.6 Å². The summed E-state index contributed by atoms with van der Waals surface area (Å²) in [4.78, 5) is 25.9. The number of amides is 2. The van der Waals surface area contributed by atoms with Crippen LogP contribution in [0.4, 0.5) is 5.13 Å². The Balaban J connectivity index is 1.50. The largest absolute Gasteiger partial charge is 0.340 e. The maximum absolute atomic E-state index is 13.1. The van der Waals surface area contributed by atoms with Crippen LogP contribution < -0.4 is 10.6 Å². The monoisotopic (exact) mass is 520 g/mol. The lowest BCUT2D eigenvalue weighted by atomic mass is 10.0. The molecule has 4 rings (SSSR count). The number of hydrogen-bond acceptors (Lipinski definition) is 5. The highest BCUT2D eigenvalue weighted by Crippen LogP contribution is 2.26. The predicted molar refractivity (Wildman–Crippen MR) is 134 cm³/mol. The van der Waals surface area contributed by atoms with E-state index in [0.29, 0.717) is 22.1 Å². The minimum absolute atomic E-state index is 0.323. The molecular formula is C25H21BrN4O2S. The van der Waals surface area contributed by atoms with Crippen LogP contribution in [0.25, 0.3) is 10.6 Å². The van der Waals surface area contributed by atoms with E-state index in [1.807, 2.05) is 61.5 Å². The van der Waals surface area contributed by atoms with E-state index in [2.05, 4.69) is 36.8 Å². The van der Waals surface area contributed by atoms with Crippen molar-refractivity contribution in [1.82, 2.24) is 15.5 Å². The highest BCUT2D eigenvalue weighted by Gasteiger charge is 2.23. The van der Waals surface area contributed by atoms with Gasteiger partial charge in [0.1, 0.15) is 11.0 Å². The van der Waals surface area contributed by atoms with Crippen LogP contribution in [-0.2, 0) is 11.2 Å². The number of hydrogen-bond donors (Lipinski definition) is 2. The van der Waals surface area contributed by atoms with E-state index >= 15 is 0 Å². The van der Waals surface area contributed by atoms with Gasteiger partial charge in [0.25, 0.3) is 5.91 Å². The molecule has 8 heteroatoms. The fourth-order valence-corrected chi connectivity index (χ4v) is 4.20. The first-order valence-electron chi connectivity index (χ1n) is 10.3. The number of benzene rings is 3. The predicted octanol–water partition coefficient (Wildman–Crippen LogP) is 5.26. The van der Waals surface area contributed by atoms with Gasteiger partial charge in [-0.3, -0.25) is 14.9 Å². The maximum Gasteiger partial charge on any atom is 0.251 e. The van der Waals surface area contributed by atoms with Crippen LogP contribution in [0, 0.1) is 6.92 Å². The van der Waals surface area contributed by atoms with Crippen molar-refractivity contribution in [1.29, 1.82) is 0 Å². The number of halogens is 1. The molecular weight excluding hydrogens is 500 g/mol. The van der Waals surface area contributed by atoms with Crippen molar-refractivity contribution < 1.29 is 9.59 Å². The molecule has 0 radical (unpaired) electrons. The summed E-state index contributed by atoms with van der Waals surface area (Å²) in [5, 5.41) is 15.1. The number of nitrogens with one attached hydrogen (secondary N) is 2.